The van der Waals surface area contributed by atoms with Gasteiger partial charge in [0.2, 0.25) is 0 Å². The molecule has 3 nitrogen and oxygen atoms in total. The summed E-state index contributed by atoms with van der Waals surface area (Å²) in [5, 5.41) is 9.04. The van der Waals surface area contributed by atoms with E-state index < -0.39 is 11.7 Å². The number of alkyl halides is 3. The van der Waals surface area contributed by atoms with Gasteiger partial charge in [0.1, 0.15) is 0 Å². The first-order chi connectivity index (χ1) is 11.8. The topological polar surface area (TPSA) is 53.0 Å². The average molecular weight is 368 g/mol. The predicted molar refractivity (Wildman–Crippen MR) is 93.3 cm³/mol. The molecule has 0 radical (unpaired) electrons. The van der Waals surface area contributed by atoms with Gasteiger partial charge >= 0.3 is 6.18 Å². The fourth-order valence-electron chi connectivity index (χ4n) is 2.53. The van der Waals surface area contributed by atoms with Gasteiger partial charge in [-0.25, -0.2) is 0 Å². The molecule has 0 fully saturated rings. The summed E-state index contributed by atoms with van der Waals surface area (Å²) in [5.41, 5.74) is 5.63. The summed E-state index contributed by atoms with van der Waals surface area (Å²) >= 11 is 6.29. The molecule has 0 atom stereocenters. The van der Waals surface area contributed by atoms with E-state index in [1.165, 1.54) is 6.92 Å². The molecule has 0 aliphatic heterocycles. The van der Waals surface area contributed by atoms with E-state index in [0.717, 1.165) is 11.6 Å². The zero-order valence-electron chi connectivity index (χ0n) is 13.6. The van der Waals surface area contributed by atoms with Gasteiger partial charge < -0.3 is 10.6 Å². The molecule has 25 heavy (non-hydrogen) atoms. The molecule has 0 heterocycles. The highest BCUT2D eigenvalue weighted by Crippen LogP contribution is 2.42. The van der Waals surface area contributed by atoms with Crippen LogP contribution in [-0.2, 0) is 12.7 Å². The van der Waals surface area contributed by atoms with Gasteiger partial charge in [0.05, 0.1) is 28.8 Å². The third kappa shape index (κ3) is 4.37. The van der Waals surface area contributed by atoms with Crippen molar-refractivity contribution in [2.24, 2.45) is 0 Å². The van der Waals surface area contributed by atoms with Crippen LogP contribution in [0.4, 0.5) is 24.5 Å². The van der Waals surface area contributed by atoms with Crippen LogP contribution in [0.2, 0.25) is 5.02 Å². The van der Waals surface area contributed by atoms with Gasteiger partial charge in [-0.15, -0.1) is 0 Å². The first-order valence-corrected chi connectivity index (χ1v) is 7.95. The molecule has 0 saturated heterocycles. The van der Waals surface area contributed by atoms with E-state index in [0.29, 0.717) is 6.54 Å². The van der Waals surface area contributed by atoms with E-state index in [1.807, 2.05) is 36.4 Å². The first kappa shape index (κ1) is 18.9. The molecule has 2 rings (SSSR count). The highest BCUT2D eigenvalue weighted by Gasteiger charge is 2.35. The number of anilines is 2. The van der Waals surface area contributed by atoms with Crippen molar-refractivity contribution >= 4 is 23.0 Å². The molecule has 0 saturated carbocycles. The molecular formula is C18H17ClF3N3. The van der Waals surface area contributed by atoms with E-state index >= 15 is 0 Å². The first-order valence-electron chi connectivity index (χ1n) is 7.57. The van der Waals surface area contributed by atoms with E-state index in [4.69, 9.17) is 22.6 Å². The van der Waals surface area contributed by atoms with Gasteiger partial charge in [-0.3, -0.25) is 0 Å². The molecule has 0 aliphatic rings. The van der Waals surface area contributed by atoms with Gasteiger partial charge in [-0.05, 0) is 24.1 Å². The SMILES string of the molecule is Cc1c(N)c(C(F)(F)F)cc(N(CCC#N)Cc2ccccc2)c1Cl. The van der Waals surface area contributed by atoms with E-state index in [-0.39, 0.29) is 34.9 Å². The van der Waals surface area contributed by atoms with Crippen molar-refractivity contribution in [2.45, 2.75) is 26.1 Å². The van der Waals surface area contributed by atoms with Gasteiger partial charge in [0.25, 0.3) is 0 Å². The van der Waals surface area contributed by atoms with E-state index in [2.05, 4.69) is 0 Å². The number of nitrogens with zero attached hydrogens (tertiary/aromatic N) is 2. The van der Waals surface area contributed by atoms with Crippen molar-refractivity contribution in [3.05, 3.63) is 58.1 Å². The number of hydrogen-bond donors (Lipinski definition) is 1. The maximum absolute atomic E-state index is 13.3. The predicted octanol–water partition coefficient (Wildman–Crippen LogP) is 5.17. The fourth-order valence-corrected chi connectivity index (χ4v) is 2.80. The molecule has 0 unspecified atom stereocenters. The maximum Gasteiger partial charge on any atom is 0.418 e. The van der Waals surface area contributed by atoms with Gasteiger partial charge in [0, 0.05) is 18.8 Å². The number of halogens is 4. The Morgan fingerprint density at radius 2 is 1.88 bits per heavy atom. The Hall–Kier alpha value is -2.39. The minimum Gasteiger partial charge on any atom is -0.398 e. The Balaban J connectivity index is 2.52. The zero-order valence-corrected chi connectivity index (χ0v) is 14.3. The number of nitriles is 1. The largest absolute Gasteiger partial charge is 0.418 e. The van der Waals surface area contributed by atoms with Crippen LogP contribution in [0.25, 0.3) is 0 Å². The lowest BCUT2D eigenvalue weighted by Gasteiger charge is -2.27. The summed E-state index contributed by atoms with van der Waals surface area (Å²) in [6.45, 7) is 2.05. The highest BCUT2D eigenvalue weighted by molar-refractivity contribution is 6.34. The lowest BCUT2D eigenvalue weighted by molar-refractivity contribution is -0.136. The molecule has 132 valence electrons. The van der Waals surface area contributed by atoms with Crippen LogP contribution in [-0.4, -0.2) is 6.54 Å². The molecule has 7 heteroatoms. The monoisotopic (exact) mass is 367 g/mol. The van der Waals surface area contributed by atoms with Crippen LogP contribution in [0.3, 0.4) is 0 Å². The number of nitrogen functional groups attached to an aromatic ring is 1. The van der Waals surface area contributed by atoms with Crippen molar-refractivity contribution in [1.82, 2.24) is 0 Å². The maximum atomic E-state index is 13.3. The van der Waals surface area contributed by atoms with Gasteiger partial charge in [0.15, 0.2) is 0 Å². The molecule has 2 aromatic carbocycles. The lowest BCUT2D eigenvalue weighted by Crippen LogP contribution is -2.25. The van der Waals surface area contributed by atoms with Crippen LogP contribution in [0, 0.1) is 18.3 Å². The molecule has 0 amide bonds. The molecule has 0 spiro atoms. The minimum atomic E-state index is -4.58. The second kappa shape index (κ2) is 7.66. The summed E-state index contributed by atoms with van der Waals surface area (Å²) in [5.74, 6) is 0. The molecule has 2 N–H and O–H groups in total. The summed E-state index contributed by atoms with van der Waals surface area (Å²) < 4.78 is 39.9. The van der Waals surface area contributed by atoms with Crippen LogP contribution < -0.4 is 10.6 Å². The number of nitrogens with two attached hydrogens (primary N) is 1. The molecule has 0 bridgehead atoms. The normalized spacial score (nSPS) is 11.2. The number of hydrogen-bond acceptors (Lipinski definition) is 3. The highest BCUT2D eigenvalue weighted by atomic mass is 35.5. The summed E-state index contributed by atoms with van der Waals surface area (Å²) in [4.78, 5) is 1.67. The Bertz CT molecular complexity index is 783. The molecule has 2 aromatic rings. The van der Waals surface area contributed by atoms with Crippen LogP contribution in [0.15, 0.2) is 36.4 Å². The third-order valence-electron chi connectivity index (χ3n) is 3.89. The van der Waals surface area contributed by atoms with E-state index in [9.17, 15) is 13.2 Å². The Morgan fingerprint density at radius 3 is 2.44 bits per heavy atom. The standard InChI is InChI=1S/C18H17ClF3N3/c1-12-16(19)15(10-14(17(12)24)18(20,21)22)25(9-5-8-23)11-13-6-3-2-4-7-13/h2-4,6-7,10H,5,9,11,24H2,1H3. The molecule has 0 aliphatic carbocycles. The van der Waals surface area contributed by atoms with Crippen molar-refractivity contribution in [1.29, 1.82) is 5.26 Å². The third-order valence-corrected chi connectivity index (χ3v) is 4.36. The Labute approximate surface area is 149 Å². The smallest absolute Gasteiger partial charge is 0.398 e. The van der Waals surface area contributed by atoms with E-state index in [1.54, 1.807) is 4.90 Å². The number of rotatable bonds is 5. The lowest BCUT2D eigenvalue weighted by atomic mass is 10.0. The van der Waals surface area contributed by atoms with Crippen LogP contribution in [0.5, 0.6) is 0 Å². The Morgan fingerprint density at radius 1 is 1.24 bits per heavy atom. The summed E-state index contributed by atoms with van der Waals surface area (Å²) in [6.07, 6.45) is -4.42. The average Bonchev–Trinajstić information content (AvgIpc) is 2.57. The quantitative estimate of drug-likeness (QED) is 0.742. The van der Waals surface area contributed by atoms with Crippen molar-refractivity contribution in [3.63, 3.8) is 0 Å². The van der Waals surface area contributed by atoms with Crippen molar-refractivity contribution < 1.29 is 13.2 Å². The van der Waals surface area contributed by atoms with Crippen LogP contribution in [0.1, 0.15) is 23.1 Å². The van der Waals surface area contributed by atoms with Crippen LogP contribution >= 0.6 is 11.6 Å². The number of benzene rings is 2. The Kier molecular flexibility index (Phi) is 5.81. The zero-order chi connectivity index (χ0) is 18.6. The minimum absolute atomic E-state index is 0.161. The second-order valence-corrected chi connectivity index (χ2v) is 5.99. The van der Waals surface area contributed by atoms with Crippen molar-refractivity contribution in [2.75, 3.05) is 17.2 Å². The molecule has 0 aromatic heterocycles. The van der Waals surface area contributed by atoms with Crippen molar-refractivity contribution in [3.8, 4) is 6.07 Å². The fraction of sp³-hybridized carbons (Fsp3) is 0.278. The van der Waals surface area contributed by atoms with Gasteiger partial charge in [-0.1, -0.05) is 41.9 Å². The van der Waals surface area contributed by atoms with Gasteiger partial charge in [-0.2, -0.15) is 18.4 Å². The summed E-state index contributed by atoms with van der Waals surface area (Å²) in [6, 6.07) is 12.2. The molecular weight excluding hydrogens is 351 g/mol. The second-order valence-electron chi connectivity index (χ2n) is 5.61. The summed E-state index contributed by atoms with van der Waals surface area (Å²) in [7, 11) is 0.